The van der Waals surface area contributed by atoms with Crippen molar-refractivity contribution in [3.8, 4) is 0 Å². The summed E-state index contributed by atoms with van der Waals surface area (Å²) >= 11 is 12.0. The Morgan fingerprint density at radius 1 is 1.13 bits per heavy atom. The molecule has 0 radical (unpaired) electrons. The molecule has 9 nitrogen and oxygen atoms in total. The Kier molecular flexibility index (Phi) is 11.4. The first-order chi connectivity index (χ1) is 18.5. The first-order valence-electron chi connectivity index (χ1n) is 12.6. The average molecular weight is 604 g/mol. The summed E-state index contributed by atoms with van der Waals surface area (Å²) < 4.78 is 45.3. The van der Waals surface area contributed by atoms with Gasteiger partial charge in [0.15, 0.2) is 0 Å². The minimum absolute atomic E-state index is 0.0412. The summed E-state index contributed by atoms with van der Waals surface area (Å²) in [7, 11) is -2.20. The van der Waals surface area contributed by atoms with Gasteiger partial charge in [-0.25, -0.2) is 17.6 Å². The summed E-state index contributed by atoms with van der Waals surface area (Å²) in [4.78, 5) is 29.6. The molecule has 1 aliphatic heterocycles. The fourth-order valence-corrected chi connectivity index (χ4v) is 5.67. The van der Waals surface area contributed by atoms with Crippen molar-refractivity contribution >= 4 is 50.9 Å². The van der Waals surface area contributed by atoms with Crippen LogP contribution in [0.25, 0.3) is 0 Å². The minimum Gasteiger partial charge on any atom is -0.383 e. The lowest BCUT2D eigenvalue weighted by molar-refractivity contribution is -0.135. The molecule has 2 aromatic carbocycles. The molecule has 13 heteroatoms. The first kappa shape index (κ1) is 31.1. The number of likely N-dealkylation sites (tertiary alicyclic amines) is 1. The number of carbonyl (C=O) groups excluding carboxylic acids is 2. The number of carbonyl (C=O) groups is 2. The Labute approximate surface area is 238 Å². The molecular weight excluding hydrogens is 570 g/mol. The Balaban J connectivity index is 1.73. The number of amides is 3. The van der Waals surface area contributed by atoms with Crippen LogP contribution in [0.5, 0.6) is 0 Å². The van der Waals surface area contributed by atoms with Crippen molar-refractivity contribution in [3.63, 3.8) is 0 Å². The van der Waals surface area contributed by atoms with Gasteiger partial charge in [0, 0.05) is 45.0 Å². The van der Waals surface area contributed by atoms with Crippen molar-refractivity contribution in [2.24, 2.45) is 0 Å². The minimum atomic E-state index is -3.66. The van der Waals surface area contributed by atoms with E-state index in [0.717, 1.165) is 4.31 Å². The van der Waals surface area contributed by atoms with Crippen molar-refractivity contribution < 1.29 is 27.1 Å². The van der Waals surface area contributed by atoms with Crippen LogP contribution in [-0.2, 0) is 26.1 Å². The quantitative estimate of drug-likeness (QED) is 0.409. The topological polar surface area (TPSA) is 99.3 Å². The number of hydrogen-bond acceptors (Lipinski definition) is 5. The van der Waals surface area contributed by atoms with E-state index in [0.29, 0.717) is 47.2 Å². The Morgan fingerprint density at radius 3 is 2.46 bits per heavy atom. The molecule has 3 rings (SSSR count). The van der Waals surface area contributed by atoms with E-state index in [9.17, 15) is 22.4 Å². The largest absolute Gasteiger partial charge is 0.383 e. The highest BCUT2D eigenvalue weighted by Gasteiger charge is 2.32. The van der Waals surface area contributed by atoms with Crippen molar-refractivity contribution in [2.45, 2.75) is 32.4 Å². The smallest absolute Gasteiger partial charge is 0.321 e. The van der Waals surface area contributed by atoms with Crippen LogP contribution in [0.3, 0.4) is 0 Å². The number of hydrogen-bond donors (Lipinski definition) is 1. The summed E-state index contributed by atoms with van der Waals surface area (Å²) in [5.41, 5.74) is 1.10. The van der Waals surface area contributed by atoms with Gasteiger partial charge in [0.05, 0.1) is 28.9 Å². The average Bonchev–Trinajstić information content (AvgIpc) is 2.91. The maximum Gasteiger partial charge on any atom is 0.321 e. The number of anilines is 1. The molecule has 0 aliphatic carbocycles. The van der Waals surface area contributed by atoms with Crippen LogP contribution in [-0.4, -0.2) is 86.2 Å². The Morgan fingerprint density at radius 2 is 1.85 bits per heavy atom. The zero-order valence-electron chi connectivity index (χ0n) is 21.9. The summed E-state index contributed by atoms with van der Waals surface area (Å²) in [6.07, 6.45) is 0.933. The molecule has 0 atom stereocenters. The molecule has 214 valence electrons. The summed E-state index contributed by atoms with van der Waals surface area (Å²) in [6.45, 7) is 2.19. The summed E-state index contributed by atoms with van der Waals surface area (Å²) in [5.74, 6) is -0.977. The zero-order chi connectivity index (χ0) is 28.6. The number of nitrogens with zero attached hydrogens (tertiary/aromatic N) is 3. The van der Waals surface area contributed by atoms with Crippen LogP contribution in [0.4, 0.5) is 14.9 Å². The molecule has 1 heterocycles. The molecule has 39 heavy (non-hydrogen) atoms. The third-order valence-electron chi connectivity index (χ3n) is 6.54. The third-order valence-corrected chi connectivity index (χ3v) is 9.11. The van der Waals surface area contributed by atoms with E-state index in [4.69, 9.17) is 27.9 Å². The fourth-order valence-electron chi connectivity index (χ4n) is 4.34. The van der Waals surface area contributed by atoms with Crippen molar-refractivity contribution in [3.05, 3.63) is 63.9 Å². The Hall–Kier alpha value is -2.44. The van der Waals surface area contributed by atoms with Gasteiger partial charge < -0.3 is 19.9 Å². The number of halogens is 3. The van der Waals surface area contributed by atoms with Crippen molar-refractivity contribution in [1.82, 2.24) is 14.1 Å². The van der Waals surface area contributed by atoms with E-state index in [1.54, 1.807) is 40.1 Å². The normalized spacial score (nSPS) is 14.5. The lowest BCUT2D eigenvalue weighted by Gasteiger charge is -2.39. The van der Waals surface area contributed by atoms with E-state index in [2.05, 4.69) is 5.32 Å². The molecule has 1 fully saturated rings. The van der Waals surface area contributed by atoms with Gasteiger partial charge >= 0.3 is 6.03 Å². The number of nitrogens with one attached hydrogen (secondary N) is 1. The van der Waals surface area contributed by atoms with Gasteiger partial charge in [-0.2, -0.15) is 4.31 Å². The highest BCUT2D eigenvalue weighted by atomic mass is 35.5. The molecule has 1 aliphatic rings. The van der Waals surface area contributed by atoms with Gasteiger partial charge in [-0.15, -0.1) is 0 Å². The van der Waals surface area contributed by atoms with Gasteiger partial charge in [-0.1, -0.05) is 35.3 Å². The van der Waals surface area contributed by atoms with Gasteiger partial charge in [0.2, 0.25) is 15.9 Å². The Bertz CT molecular complexity index is 1260. The van der Waals surface area contributed by atoms with Crippen molar-refractivity contribution in [1.29, 1.82) is 0 Å². The number of rotatable bonds is 11. The number of urea groups is 1. The van der Waals surface area contributed by atoms with Gasteiger partial charge in [0.25, 0.3) is 0 Å². The van der Waals surface area contributed by atoms with E-state index in [-0.39, 0.29) is 44.1 Å². The number of sulfonamides is 1. The second-order valence-electron chi connectivity index (χ2n) is 9.16. The van der Waals surface area contributed by atoms with E-state index < -0.39 is 21.7 Å². The maximum absolute atomic E-state index is 13.9. The molecule has 2 aromatic rings. The van der Waals surface area contributed by atoms with E-state index >= 15 is 0 Å². The van der Waals surface area contributed by atoms with Crippen LogP contribution in [0.15, 0.2) is 42.5 Å². The molecule has 3 amide bonds. The van der Waals surface area contributed by atoms with E-state index in [1.807, 2.05) is 0 Å². The van der Waals surface area contributed by atoms with Crippen LogP contribution < -0.4 is 5.32 Å². The summed E-state index contributed by atoms with van der Waals surface area (Å²) in [6, 6.07) is 10.2. The third kappa shape index (κ3) is 8.77. The van der Waals surface area contributed by atoms with Crippen LogP contribution in [0.1, 0.15) is 25.3 Å². The fraction of sp³-hybridized carbons (Fsp3) is 0.462. The monoisotopic (exact) mass is 602 g/mol. The molecule has 0 unspecified atom stereocenters. The standard InChI is InChI=1S/C26H33Cl2FN4O5S/c1-3-39(36,37)32(13-14-38-2)18-25(34)33(17-19-5-4-6-20(29)15-19)22-9-11-31(12-10-22)26(35)30-21-7-8-23(27)24(28)16-21/h4-8,15-16,22H,3,9-14,17-18H2,1-2H3,(H,30,35). The molecule has 1 saturated heterocycles. The lowest BCUT2D eigenvalue weighted by atomic mass is 10.0. The second kappa shape index (κ2) is 14.3. The lowest BCUT2D eigenvalue weighted by Crippen LogP contribution is -2.52. The molecule has 0 spiro atoms. The number of benzene rings is 2. The van der Waals surface area contributed by atoms with Gasteiger partial charge in [0.1, 0.15) is 5.82 Å². The van der Waals surface area contributed by atoms with Crippen LogP contribution in [0, 0.1) is 5.82 Å². The maximum atomic E-state index is 13.9. The van der Waals surface area contributed by atoms with Crippen LogP contribution >= 0.6 is 23.2 Å². The van der Waals surface area contributed by atoms with Gasteiger partial charge in [-0.05, 0) is 55.7 Å². The van der Waals surface area contributed by atoms with Gasteiger partial charge in [-0.3, -0.25) is 4.79 Å². The van der Waals surface area contributed by atoms with E-state index in [1.165, 1.54) is 26.2 Å². The predicted octanol–water partition coefficient (Wildman–Crippen LogP) is 4.46. The second-order valence-corrected chi connectivity index (χ2v) is 12.2. The highest BCUT2D eigenvalue weighted by molar-refractivity contribution is 7.89. The molecule has 1 N–H and O–H groups in total. The van der Waals surface area contributed by atoms with Crippen LogP contribution in [0.2, 0.25) is 10.0 Å². The predicted molar refractivity (Wildman–Crippen MR) is 150 cm³/mol. The molecular formula is C26H33Cl2FN4O5S. The number of methoxy groups -OCH3 is 1. The molecule has 0 aromatic heterocycles. The molecule has 0 bridgehead atoms. The number of piperidine rings is 1. The highest BCUT2D eigenvalue weighted by Crippen LogP contribution is 2.26. The first-order valence-corrected chi connectivity index (χ1v) is 14.9. The zero-order valence-corrected chi connectivity index (χ0v) is 24.2. The number of ether oxygens (including phenoxy) is 1. The van der Waals surface area contributed by atoms with Crippen molar-refractivity contribution in [2.75, 3.05) is 51.0 Å². The SMILES string of the molecule is CCS(=O)(=O)N(CCOC)CC(=O)N(Cc1cccc(F)c1)C1CCN(C(=O)Nc2ccc(Cl)c(Cl)c2)CC1. The summed E-state index contributed by atoms with van der Waals surface area (Å²) in [5, 5.41) is 3.50. The molecule has 0 saturated carbocycles.